The number of ether oxygens (including phenoxy) is 1. The highest BCUT2D eigenvalue weighted by atomic mass is 16.5. The fourth-order valence-corrected chi connectivity index (χ4v) is 5.54. The fourth-order valence-electron chi connectivity index (χ4n) is 5.54. The van der Waals surface area contributed by atoms with Gasteiger partial charge in [0.2, 0.25) is 5.91 Å². The van der Waals surface area contributed by atoms with Crippen molar-refractivity contribution in [3.05, 3.63) is 64.6 Å². The molecule has 0 radical (unpaired) electrons. The summed E-state index contributed by atoms with van der Waals surface area (Å²) in [6.45, 7) is 1.73. The highest BCUT2D eigenvalue weighted by molar-refractivity contribution is 5.78. The monoisotopic (exact) mass is 445 g/mol. The first kappa shape index (κ1) is 21.7. The molecule has 2 aliphatic rings. The fraction of sp³-hybridized carbons (Fsp3) is 0.444. The normalized spacial score (nSPS) is 20.5. The number of amides is 1. The minimum atomic E-state index is -0.169. The number of para-hydroxylation sites is 2. The Hall–Kier alpha value is -3.15. The Morgan fingerprint density at radius 2 is 1.79 bits per heavy atom. The second-order valence-electron chi connectivity index (χ2n) is 9.32. The molecule has 5 rings (SSSR count). The summed E-state index contributed by atoms with van der Waals surface area (Å²) in [6, 6.07) is 15.1. The predicted molar refractivity (Wildman–Crippen MR) is 129 cm³/mol. The van der Waals surface area contributed by atoms with Gasteiger partial charge < -0.3 is 9.64 Å². The smallest absolute Gasteiger partial charge is 0.277 e. The van der Waals surface area contributed by atoms with Gasteiger partial charge >= 0.3 is 0 Å². The molecule has 1 aliphatic carbocycles. The molecule has 0 N–H and O–H groups in total. The maximum absolute atomic E-state index is 13.5. The van der Waals surface area contributed by atoms with E-state index in [9.17, 15) is 9.59 Å². The topological polar surface area (TPSA) is 64.4 Å². The van der Waals surface area contributed by atoms with Crippen molar-refractivity contribution in [2.45, 2.75) is 44.9 Å². The van der Waals surface area contributed by atoms with Crippen LogP contribution >= 0.6 is 0 Å². The van der Waals surface area contributed by atoms with E-state index >= 15 is 0 Å². The number of hydrogen-bond donors (Lipinski definition) is 0. The molecule has 1 aliphatic heterocycles. The molecule has 0 bridgehead atoms. The van der Waals surface area contributed by atoms with Gasteiger partial charge in [0.15, 0.2) is 0 Å². The van der Waals surface area contributed by atoms with Crippen LogP contribution in [-0.2, 0) is 11.2 Å². The van der Waals surface area contributed by atoms with Crippen molar-refractivity contribution in [2.75, 3.05) is 20.2 Å². The van der Waals surface area contributed by atoms with Gasteiger partial charge in [0.1, 0.15) is 11.4 Å². The molecule has 33 heavy (non-hydrogen) atoms. The lowest BCUT2D eigenvalue weighted by atomic mass is 9.75. The minimum absolute atomic E-state index is 0.143. The molecule has 172 valence electrons. The van der Waals surface area contributed by atoms with E-state index in [1.54, 1.807) is 11.7 Å². The average molecular weight is 446 g/mol. The average Bonchev–Trinajstić information content (AvgIpc) is 2.87. The van der Waals surface area contributed by atoms with Crippen LogP contribution in [0.2, 0.25) is 0 Å². The maximum Gasteiger partial charge on any atom is 0.277 e. The van der Waals surface area contributed by atoms with Crippen molar-refractivity contribution in [3.8, 4) is 11.4 Å². The minimum Gasteiger partial charge on any atom is -0.497 e. The summed E-state index contributed by atoms with van der Waals surface area (Å²) in [5.74, 6) is 2.33. The van der Waals surface area contributed by atoms with E-state index in [1.165, 1.54) is 25.7 Å². The highest BCUT2D eigenvalue weighted by Crippen LogP contribution is 2.36. The van der Waals surface area contributed by atoms with Gasteiger partial charge in [-0.3, -0.25) is 14.2 Å². The molecular weight excluding hydrogens is 414 g/mol. The van der Waals surface area contributed by atoms with Crippen LogP contribution < -0.4 is 10.3 Å². The zero-order chi connectivity index (χ0) is 22.8. The molecule has 2 atom stereocenters. The first-order valence-corrected chi connectivity index (χ1v) is 12.1. The summed E-state index contributed by atoms with van der Waals surface area (Å²) >= 11 is 0. The van der Waals surface area contributed by atoms with E-state index in [-0.39, 0.29) is 11.5 Å². The standard InChI is InChI=1S/C27H31N3O3/c1-33-22-12-10-21(11-13-22)30-25-9-5-4-8-23(25)28-24(27(30)32)14-15-26(31)29-17-16-19-6-2-3-7-20(19)18-29/h4-5,8-13,19-20H,2-3,6-7,14-18H2,1H3/t19-,20+/m0/s1. The Morgan fingerprint density at radius 3 is 2.58 bits per heavy atom. The van der Waals surface area contributed by atoms with Gasteiger partial charge in [0.05, 0.1) is 18.1 Å². The van der Waals surface area contributed by atoms with Crippen LogP contribution in [-0.4, -0.2) is 40.6 Å². The summed E-state index contributed by atoms with van der Waals surface area (Å²) in [5, 5.41) is 0. The molecule has 6 heteroatoms. The lowest BCUT2D eigenvalue weighted by Gasteiger charge is -2.41. The molecular formula is C27H31N3O3. The number of hydrogen-bond acceptors (Lipinski definition) is 4. The Kier molecular flexibility index (Phi) is 6.16. The van der Waals surface area contributed by atoms with Crippen LogP contribution in [0.5, 0.6) is 5.75 Å². The number of carbonyl (C=O) groups excluding carboxylic acids is 1. The van der Waals surface area contributed by atoms with Crippen LogP contribution in [0.4, 0.5) is 0 Å². The van der Waals surface area contributed by atoms with Crippen molar-refractivity contribution >= 4 is 16.9 Å². The van der Waals surface area contributed by atoms with Crippen LogP contribution in [0.15, 0.2) is 53.3 Å². The van der Waals surface area contributed by atoms with Crippen molar-refractivity contribution in [3.63, 3.8) is 0 Å². The van der Waals surface area contributed by atoms with Crippen molar-refractivity contribution in [2.24, 2.45) is 11.8 Å². The molecule has 0 spiro atoms. The Bertz CT molecular complexity index is 1200. The third kappa shape index (κ3) is 4.39. The third-order valence-electron chi connectivity index (χ3n) is 7.38. The van der Waals surface area contributed by atoms with E-state index in [1.807, 2.05) is 53.4 Å². The lowest BCUT2D eigenvalue weighted by Crippen LogP contribution is -2.45. The SMILES string of the molecule is COc1ccc(-n2c(=O)c(CCC(=O)N3CC[C@@H]4CCCC[C@@H]4C3)nc3ccccc32)cc1. The number of fused-ring (bicyclic) bond motifs is 2. The molecule has 1 saturated heterocycles. The van der Waals surface area contributed by atoms with E-state index < -0.39 is 0 Å². The van der Waals surface area contributed by atoms with Gasteiger partial charge in [-0.2, -0.15) is 0 Å². The van der Waals surface area contributed by atoms with Crippen LogP contribution in [0, 0.1) is 11.8 Å². The number of rotatable bonds is 5. The molecule has 3 aromatic rings. The largest absolute Gasteiger partial charge is 0.497 e. The van der Waals surface area contributed by atoms with Gasteiger partial charge in [-0.1, -0.05) is 31.4 Å². The number of aryl methyl sites for hydroxylation is 1. The molecule has 0 unspecified atom stereocenters. The highest BCUT2D eigenvalue weighted by Gasteiger charge is 2.32. The van der Waals surface area contributed by atoms with Crippen molar-refractivity contribution in [1.29, 1.82) is 0 Å². The third-order valence-corrected chi connectivity index (χ3v) is 7.38. The van der Waals surface area contributed by atoms with E-state index in [4.69, 9.17) is 4.74 Å². The summed E-state index contributed by atoms with van der Waals surface area (Å²) in [5.41, 5.74) is 2.52. The van der Waals surface area contributed by atoms with Crippen molar-refractivity contribution in [1.82, 2.24) is 14.5 Å². The Labute approximate surface area is 194 Å². The predicted octanol–water partition coefficient (Wildman–Crippen LogP) is 4.37. The van der Waals surface area contributed by atoms with Crippen LogP contribution in [0.3, 0.4) is 0 Å². The van der Waals surface area contributed by atoms with E-state index in [0.29, 0.717) is 24.5 Å². The molecule has 2 fully saturated rings. The first-order chi connectivity index (χ1) is 16.1. The second kappa shape index (κ2) is 9.38. The number of benzene rings is 2. The quantitative estimate of drug-likeness (QED) is 0.585. The number of carbonyl (C=O) groups is 1. The summed E-state index contributed by atoms with van der Waals surface area (Å²) in [6.07, 6.45) is 6.98. The molecule has 1 amide bonds. The van der Waals surface area contributed by atoms with Gasteiger partial charge in [-0.25, -0.2) is 4.98 Å². The van der Waals surface area contributed by atoms with Gasteiger partial charge in [0.25, 0.3) is 5.56 Å². The second-order valence-corrected chi connectivity index (χ2v) is 9.32. The zero-order valence-corrected chi connectivity index (χ0v) is 19.2. The summed E-state index contributed by atoms with van der Waals surface area (Å²) < 4.78 is 6.95. The Balaban J connectivity index is 1.38. The molecule has 2 aromatic carbocycles. The number of nitrogens with zero attached hydrogens (tertiary/aromatic N) is 3. The number of piperidine rings is 1. The van der Waals surface area contributed by atoms with E-state index in [0.717, 1.165) is 47.9 Å². The number of methoxy groups -OCH3 is 1. The summed E-state index contributed by atoms with van der Waals surface area (Å²) in [7, 11) is 1.62. The van der Waals surface area contributed by atoms with E-state index in [2.05, 4.69) is 4.98 Å². The molecule has 1 aromatic heterocycles. The molecule has 1 saturated carbocycles. The summed E-state index contributed by atoms with van der Waals surface area (Å²) in [4.78, 5) is 33.2. The lowest BCUT2D eigenvalue weighted by molar-refractivity contribution is -0.134. The van der Waals surface area contributed by atoms with Gasteiger partial charge in [-0.15, -0.1) is 0 Å². The maximum atomic E-state index is 13.5. The number of aromatic nitrogens is 2. The Morgan fingerprint density at radius 1 is 1.03 bits per heavy atom. The van der Waals surface area contributed by atoms with Crippen LogP contribution in [0.1, 0.15) is 44.2 Å². The number of likely N-dealkylation sites (tertiary alicyclic amines) is 1. The molecule has 2 heterocycles. The zero-order valence-electron chi connectivity index (χ0n) is 19.2. The van der Waals surface area contributed by atoms with Crippen molar-refractivity contribution < 1.29 is 9.53 Å². The van der Waals surface area contributed by atoms with Crippen LogP contribution in [0.25, 0.3) is 16.7 Å². The van der Waals surface area contributed by atoms with Gasteiger partial charge in [0, 0.05) is 31.6 Å². The van der Waals surface area contributed by atoms with Gasteiger partial charge in [-0.05, 0) is 61.1 Å². The molecule has 6 nitrogen and oxygen atoms in total. The first-order valence-electron chi connectivity index (χ1n) is 12.1.